The van der Waals surface area contributed by atoms with Gasteiger partial charge < -0.3 is 20.5 Å². The smallest absolute Gasteiger partial charge is 0.251 e. The number of halogens is 2. The SMILES string of the molecule is COc1ccc(CNc2nnc(F)c3sc(CN)cc23)c(OC)c1.Cl. The Morgan fingerprint density at radius 1 is 1.20 bits per heavy atom. The molecule has 0 spiro atoms. The number of aromatic nitrogens is 2. The fourth-order valence-corrected chi connectivity index (χ4v) is 3.29. The standard InChI is InChI=1S/C16H17FN4O2S.ClH/c1-22-10-4-3-9(13(5-10)23-2)8-19-16-12-6-11(7-18)24-14(12)15(17)20-21-16;/h3-6H,7-8,18H2,1-2H3,(H,19,21);1H. The van der Waals surface area contributed by atoms with Gasteiger partial charge in [0.15, 0.2) is 5.82 Å². The Morgan fingerprint density at radius 3 is 2.68 bits per heavy atom. The van der Waals surface area contributed by atoms with Gasteiger partial charge in [-0.3, -0.25) is 0 Å². The summed E-state index contributed by atoms with van der Waals surface area (Å²) in [5, 5.41) is 11.4. The molecule has 6 nitrogen and oxygen atoms in total. The lowest BCUT2D eigenvalue weighted by atomic mass is 10.2. The summed E-state index contributed by atoms with van der Waals surface area (Å²) in [4.78, 5) is 0.878. The summed E-state index contributed by atoms with van der Waals surface area (Å²) in [6, 6.07) is 7.39. The van der Waals surface area contributed by atoms with Gasteiger partial charge in [0.2, 0.25) is 0 Å². The Labute approximate surface area is 154 Å². The molecule has 9 heteroatoms. The summed E-state index contributed by atoms with van der Waals surface area (Å²) in [5.74, 6) is 1.34. The maximum atomic E-state index is 13.8. The van der Waals surface area contributed by atoms with Crippen molar-refractivity contribution >= 4 is 39.6 Å². The van der Waals surface area contributed by atoms with E-state index in [-0.39, 0.29) is 12.4 Å². The highest BCUT2D eigenvalue weighted by atomic mass is 35.5. The molecule has 0 aliphatic carbocycles. The van der Waals surface area contributed by atoms with E-state index in [0.717, 1.165) is 10.4 Å². The Balaban J connectivity index is 0.00000225. The number of nitrogens with zero attached hydrogens (tertiary/aromatic N) is 2. The first-order valence-corrected chi connectivity index (χ1v) is 8.07. The van der Waals surface area contributed by atoms with Gasteiger partial charge >= 0.3 is 0 Å². The van der Waals surface area contributed by atoms with Crippen LogP contribution in [-0.4, -0.2) is 24.4 Å². The zero-order valence-electron chi connectivity index (χ0n) is 13.7. The van der Waals surface area contributed by atoms with E-state index in [1.807, 2.05) is 18.2 Å². The molecule has 1 aromatic carbocycles. The highest BCUT2D eigenvalue weighted by molar-refractivity contribution is 7.19. The quantitative estimate of drug-likeness (QED) is 0.678. The number of hydrogen-bond acceptors (Lipinski definition) is 7. The molecule has 3 rings (SSSR count). The number of fused-ring (bicyclic) bond motifs is 1. The van der Waals surface area contributed by atoms with Gasteiger partial charge in [0.1, 0.15) is 11.5 Å². The lowest BCUT2D eigenvalue weighted by molar-refractivity contribution is 0.391. The molecule has 2 aromatic heterocycles. The van der Waals surface area contributed by atoms with Gasteiger partial charge in [-0.2, -0.15) is 4.39 Å². The topological polar surface area (TPSA) is 82.3 Å². The lowest BCUT2D eigenvalue weighted by Crippen LogP contribution is -2.05. The molecule has 3 N–H and O–H groups in total. The van der Waals surface area contributed by atoms with Crippen molar-refractivity contribution in [3.05, 3.63) is 40.7 Å². The third-order valence-corrected chi connectivity index (χ3v) is 4.74. The fourth-order valence-electron chi connectivity index (χ4n) is 2.37. The number of benzene rings is 1. The Hall–Kier alpha value is -2.16. The summed E-state index contributed by atoms with van der Waals surface area (Å²) in [7, 11) is 3.20. The summed E-state index contributed by atoms with van der Waals surface area (Å²) in [5.41, 5.74) is 6.57. The summed E-state index contributed by atoms with van der Waals surface area (Å²) in [6.45, 7) is 0.806. The first kappa shape index (κ1) is 19.2. The van der Waals surface area contributed by atoms with E-state index in [1.54, 1.807) is 20.3 Å². The average molecular weight is 385 g/mol. The first-order valence-electron chi connectivity index (χ1n) is 7.25. The minimum atomic E-state index is -0.581. The number of rotatable bonds is 6. The van der Waals surface area contributed by atoms with E-state index >= 15 is 0 Å². The fraction of sp³-hybridized carbons (Fsp3) is 0.250. The molecule has 0 fully saturated rings. The number of anilines is 1. The van der Waals surface area contributed by atoms with Crippen molar-refractivity contribution in [1.82, 2.24) is 10.2 Å². The van der Waals surface area contributed by atoms with Crippen molar-refractivity contribution in [1.29, 1.82) is 0 Å². The average Bonchev–Trinajstić information content (AvgIpc) is 3.06. The molecule has 0 aliphatic rings. The third kappa shape index (κ3) is 3.92. The maximum Gasteiger partial charge on any atom is 0.251 e. The largest absolute Gasteiger partial charge is 0.497 e. The van der Waals surface area contributed by atoms with Crippen LogP contribution < -0.4 is 20.5 Å². The second kappa shape index (κ2) is 8.28. The molecule has 0 saturated heterocycles. The molecule has 134 valence electrons. The van der Waals surface area contributed by atoms with Crippen molar-refractivity contribution in [2.75, 3.05) is 19.5 Å². The molecular weight excluding hydrogens is 367 g/mol. The number of methoxy groups -OCH3 is 2. The van der Waals surface area contributed by atoms with Crippen LogP contribution in [0.1, 0.15) is 10.4 Å². The zero-order chi connectivity index (χ0) is 17.1. The van der Waals surface area contributed by atoms with Crippen LogP contribution in [0.2, 0.25) is 0 Å². The van der Waals surface area contributed by atoms with Crippen LogP contribution in [0.5, 0.6) is 11.5 Å². The molecule has 0 radical (unpaired) electrons. The van der Waals surface area contributed by atoms with Crippen LogP contribution in [0.3, 0.4) is 0 Å². The number of hydrogen-bond donors (Lipinski definition) is 2. The van der Waals surface area contributed by atoms with Gasteiger partial charge in [-0.15, -0.1) is 33.9 Å². The van der Waals surface area contributed by atoms with Gasteiger partial charge in [0, 0.05) is 35.0 Å². The van der Waals surface area contributed by atoms with Crippen molar-refractivity contribution < 1.29 is 13.9 Å². The van der Waals surface area contributed by atoms with Crippen LogP contribution in [0.25, 0.3) is 10.1 Å². The third-order valence-electron chi connectivity index (χ3n) is 3.61. The second-order valence-electron chi connectivity index (χ2n) is 5.03. The molecule has 0 bridgehead atoms. The highest BCUT2D eigenvalue weighted by Gasteiger charge is 2.14. The molecule has 3 aromatic rings. The van der Waals surface area contributed by atoms with Crippen LogP contribution in [0.15, 0.2) is 24.3 Å². The second-order valence-corrected chi connectivity index (χ2v) is 6.17. The van der Waals surface area contributed by atoms with Gasteiger partial charge in [0.05, 0.1) is 18.9 Å². The van der Waals surface area contributed by atoms with Crippen molar-refractivity contribution in [3.8, 4) is 11.5 Å². The Morgan fingerprint density at radius 2 is 2.00 bits per heavy atom. The minimum Gasteiger partial charge on any atom is -0.497 e. The van der Waals surface area contributed by atoms with Gasteiger partial charge in [-0.1, -0.05) is 0 Å². The van der Waals surface area contributed by atoms with E-state index in [0.29, 0.717) is 40.5 Å². The van der Waals surface area contributed by atoms with Gasteiger partial charge in [-0.05, 0) is 18.2 Å². The van der Waals surface area contributed by atoms with E-state index in [1.165, 1.54) is 11.3 Å². The summed E-state index contributed by atoms with van der Waals surface area (Å²) < 4.78 is 24.8. The van der Waals surface area contributed by atoms with E-state index in [9.17, 15) is 4.39 Å². The molecule has 0 unspecified atom stereocenters. The van der Waals surface area contributed by atoms with Crippen LogP contribution in [0.4, 0.5) is 10.2 Å². The molecule has 2 heterocycles. The molecule has 25 heavy (non-hydrogen) atoms. The van der Waals surface area contributed by atoms with E-state index in [4.69, 9.17) is 15.2 Å². The zero-order valence-corrected chi connectivity index (χ0v) is 15.3. The number of ether oxygens (including phenoxy) is 2. The Bertz CT molecular complexity index is 875. The predicted molar refractivity (Wildman–Crippen MR) is 99.4 cm³/mol. The predicted octanol–water partition coefficient (Wildman–Crippen LogP) is 3.34. The highest BCUT2D eigenvalue weighted by Crippen LogP contribution is 2.32. The van der Waals surface area contributed by atoms with Crippen molar-refractivity contribution in [2.24, 2.45) is 5.73 Å². The Kier molecular flexibility index (Phi) is 6.35. The number of nitrogens with one attached hydrogen (secondary N) is 1. The maximum absolute atomic E-state index is 13.8. The molecule has 0 aliphatic heterocycles. The monoisotopic (exact) mass is 384 g/mol. The van der Waals surface area contributed by atoms with E-state index in [2.05, 4.69) is 15.5 Å². The van der Waals surface area contributed by atoms with Crippen molar-refractivity contribution in [2.45, 2.75) is 13.1 Å². The van der Waals surface area contributed by atoms with Crippen LogP contribution in [0, 0.1) is 5.95 Å². The van der Waals surface area contributed by atoms with Gasteiger partial charge in [0.25, 0.3) is 5.95 Å². The van der Waals surface area contributed by atoms with Crippen molar-refractivity contribution in [3.63, 3.8) is 0 Å². The van der Waals surface area contributed by atoms with Crippen LogP contribution >= 0.6 is 23.7 Å². The number of thiophene rings is 1. The molecule has 0 amide bonds. The van der Waals surface area contributed by atoms with E-state index < -0.39 is 5.95 Å². The lowest BCUT2D eigenvalue weighted by Gasteiger charge is -2.12. The summed E-state index contributed by atoms with van der Waals surface area (Å²) >= 11 is 1.29. The summed E-state index contributed by atoms with van der Waals surface area (Å²) in [6.07, 6.45) is 0. The van der Waals surface area contributed by atoms with Gasteiger partial charge in [-0.25, -0.2) is 0 Å². The minimum absolute atomic E-state index is 0. The molecule has 0 atom stereocenters. The molecular formula is C16H18ClFN4O2S. The molecule has 0 saturated carbocycles. The first-order chi connectivity index (χ1) is 11.7. The van der Waals surface area contributed by atoms with Crippen LogP contribution in [-0.2, 0) is 13.1 Å². The normalized spacial score (nSPS) is 10.4. The number of nitrogens with two attached hydrogens (primary N) is 1.